The minimum Gasteiger partial charge on any atom is -0.496 e. The van der Waals surface area contributed by atoms with Gasteiger partial charge in [0, 0.05) is 18.7 Å². The third kappa shape index (κ3) is 4.01. The Bertz CT molecular complexity index is 546. The Morgan fingerprint density at radius 3 is 2.48 bits per heavy atom. The number of hydrogen-bond donors (Lipinski definition) is 2. The molecule has 21 heavy (non-hydrogen) atoms. The number of amides is 2. The van der Waals surface area contributed by atoms with Crippen molar-refractivity contribution >= 4 is 29.3 Å². The number of carbonyl (C=O) groups is 2. The van der Waals surface area contributed by atoms with Gasteiger partial charge in [0.15, 0.2) is 0 Å². The molecule has 0 aliphatic rings. The van der Waals surface area contributed by atoms with Gasteiger partial charge in [0.2, 0.25) is 0 Å². The predicted molar refractivity (Wildman–Crippen MR) is 81.5 cm³/mol. The van der Waals surface area contributed by atoms with Gasteiger partial charge in [-0.3, -0.25) is 0 Å². The summed E-state index contributed by atoms with van der Waals surface area (Å²) >= 11 is 6.02. The number of aromatic carboxylic acids is 1. The van der Waals surface area contributed by atoms with E-state index in [-0.39, 0.29) is 28.4 Å². The maximum Gasteiger partial charge on any atom is 0.339 e. The standard InChI is InChI=1S/C14H19ClN2O4/c1-5-17(8(2)3)14(20)16-11-7-12(21-4)9(13(18)19)6-10(11)15/h6-8H,5H2,1-4H3,(H,16,20)(H,18,19). The van der Waals surface area contributed by atoms with Crippen LogP contribution in [0.5, 0.6) is 5.75 Å². The van der Waals surface area contributed by atoms with Gasteiger partial charge in [-0.05, 0) is 26.8 Å². The molecule has 1 aromatic carbocycles. The van der Waals surface area contributed by atoms with Gasteiger partial charge in [-0.25, -0.2) is 9.59 Å². The molecular weight excluding hydrogens is 296 g/mol. The molecule has 1 aromatic rings. The van der Waals surface area contributed by atoms with Crippen molar-refractivity contribution in [3.8, 4) is 5.75 Å². The summed E-state index contributed by atoms with van der Waals surface area (Å²) in [5.74, 6) is -1.02. The second-order valence-electron chi connectivity index (χ2n) is 4.65. The Morgan fingerprint density at radius 2 is 2.05 bits per heavy atom. The highest BCUT2D eigenvalue weighted by atomic mass is 35.5. The molecule has 0 heterocycles. The molecule has 0 bridgehead atoms. The lowest BCUT2D eigenvalue weighted by atomic mass is 10.2. The quantitative estimate of drug-likeness (QED) is 0.874. The Kier molecular flexibility index (Phi) is 5.84. The highest BCUT2D eigenvalue weighted by molar-refractivity contribution is 6.34. The molecule has 0 unspecified atom stereocenters. The monoisotopic (exact) mass is 314 g/mol. The molecule has 0 aliphatic carbocycles. The van der Waals surface area contributed by atoms with Crippen LogP contribution in [-0.2, 0) is 0 Å². The number of hydrogen-bond acceptors (Lipinski definition) is 3. The van der Waals surface area contributed by atoms with E-state index < -0.39 is 5.97 Å². The molecule has 0 atom stereocenters. The smallest absolute Gasteiger partial charge is 0.339 e. The zero-order valence-electron chi connectivity index (χ0n) is 12.4. The SMILES string of the molecule is CCN(C(=O)Nc1cc(OC)c(C(=O)O)cc1Cl)C(C)C. The molecule has 6 nitrogen and oxygen atoms in total. The van der Waals surface area contributed by atoms with Gasteiger partial charge in [-0.1, -0.05) is 11.6 Å². The summed E-state index contributed by atoms with van der Waals surface area (Å²) in [6.07, 6.45) is 0. The number of rotatable bonds is 5. The first-order chi connectivity index (χ1) is 9.81. The van der Waals surface area contributed by atoms with Crippen molar-refractivity contribution in [3.05, 3.63) is 22.7 Å². The van der Waals surface area contributed by atoms with E-state index in [1.807, 2.05) is 20.8 Å². The number of ether oxygens (including phenoxy) is 1. The second-order valence-corrected chi connectivity index (χ2v) is 5.05. The van der Waals surface area contributed by atoms with Crippen molar-refractivity contribution in [2.24, 2.45) is 0 Å². The molecule has 2 amide bonds. The summed E-state index contributed by atoms with van der Waals surface area (Å²) in [5.41, 5.74) is 0.249. The third-order valence-corrected chi connectivity index (χ3v) is 3.30. The van der Waals surface area contributed by atoms with Crippen LogP contribution in [-0.4, -0.2) is 41.7 Å². The molecule has 0 saturated carbocycles. The number of anilines is 1. The number of benzene rings is 1. The van der Waals surface area contributed by atoms with Gasteiger partial charge in [0.25, 0.3) is 0 Å². The van der Waals surface area contributed by atoms with Crippen LogP contribution in [0, 0.1) is 0 Å². The molecule has 1 rings (SSSR count). The topological polar surface area (TPSA) is 78.9 Å². The summed E-state index contributed by atoms with van der Waals surface area (Å²) in [7, 11) is 1.35. The number of carboxylic acids is 1. The molecule has 0 saturated heterocycles. The van der Waals surface area contributed by atoms with Gasteiger partial charge in [-0.2, -0.15) is 0 Å². The van der Waals surface area contributed by atoms with Crippen molar-refractivity contribution in [1.29, 1.82) is 0 Å². The number of urea groups is 1. The first-order valence-electron chi connectivity index (χ1n) is 6.50. The fourth-order valence-electron chi connectivity index (χ4n) is 1.92. The van der Waals surface area contributed by atoms with E-state index in [0.29, 0.717) is 12.2 Å². The van der Waals surface area contributed by atoms with Crippen LogP contribution in [0.1, 0.15) is 31.1 Å². The first-order valence-corrected chi connectivity index (χ1v) is 6.88. The van der Waals surface area contributed by atoms with Gasteiger partial charge < -0.3 is 20.1 Å². The largest absolute Gasteiger partial charge is 0.496 e. The van der Waals surface area contributed by atoms with Crippen LogP contribution in [0.2, 0.25) is 5.02 Å². The Morgan fingerprint density at radius 1 is 1.43 bits per heavy atom. The van der Waals surface area contributed by atoms with E-state index >= 15 is 0 Å². The van der Waals surface area contributed by atoms with Crippen LogP contribution in [0.15, 0.2) is 12.1 Å². The average Bonchev–Trinajstić information content (AvgIpc) is 2.40. The Labute approximate surface area is 128 Å². The summed E-state index contributed by atoms with van der Waals surface area (Å²) in [4.78, 5) is 24.8. The van der Waals surface area contributed by atoms with Crippen molar-refractivity contribution < 1.29 is 19.4 Å². The van der Waals surface area contributed by atoms with Crippen LogP contribution < -0.4 is 10.1 Å². The van der Waals surface area contributed by atoms with Crippen LogP contribution >= 0.6 is 11.6 Å². The van der Waals surface area contributed by atoms with Crippen molar-refractivity contribution in [3.63, 3.8) is 0 Å². The van der Waals surface area contributed by atoms with Gasteiger partial charge in [0.1, 0.15) is 11.3 Å². The number of carboxylic acid groups (broad SMARTS) is 1. The van der Waals surface area contributed by atoms with E-state index in [1.54, 1.807) is 4.90 Å². The molecule has 0 radical (unpaired) electrons. The minimum atomic E-state index is -1.15. The summed E-state index contributed by atoms with van der Waals surface area (Å²) in [6, 6.07) is 2.38. The molecule has 0 fully saturated rings. The van der Waals surface area contributed by atoms with Gasteiger partial charge in [0.05, 0.1) is 17.8 Å². The number of nitrogens with zero attached hydrogens (tertiary/aromatic N) is 1. The van der Waals surface area contributed by atoms with Gasteiger partial charge in [-0.15, -0.1) is 0 Å². The van der Waals surface area contributed by atoms with Gasteiger partial charge >= 0.3 is 12.0 Å². The Balaban J connectivity index is 3.09. The lowest BCUT2D eigenvalue weighted by Gasteiger charge is -2.25. The fraction of sp³-hybridized carbons (Fsp3) is 0.429. The zero-order chi connectivity index (χ0) is 16.2. The zero-order valence-corrected chi connectivity index (χ0v) is 13.2. The normalized spacial score (nSPS) is 10.4. The summed E-state index contributed by atoms with van der Waals surface area (Å²) in [5, 5.41) is 11.9. The lowest BCUT2D eigenvalue weighted by molar-refractivity contribution is 0.0693. The predicted octanol–water partition coefficient (Wildman–Crippen LogP) is 3.31. The highest BCUT2D eigenvalue weighted by Gasteiger charge is 2.19. The lowest BCUT2D eigenvalue weighted by Crippen LogP contribution is -2.39. The van der Waals surface area contributed by atoms with Crippen molar-refractivity contribution in [2.45, 2.75) is 26.8 Å². The maximum absolute atomic E-state index is 12.2. The average molecular weight is 315 g/mol. The molecule has 116 valence electrons. The number of nitrogens with one attached hydrogen (secondary N) is 1. The molecular formula is C14H19ClN2O4. The maximum atomic E-state index is 12.2. The number of carbonyl (C=O) groups excluding carboxylic acids is 1. The second kappa shape index (κ2) is 7.17. The van der Waals surface area contributed by atoms with Crippen molar-refractivity contribution in [1.82, 2.24) is 4.90 Å². The summed E-state index contributed by atoms with van der Waals surface area (Å²) < 4.78 is 5.01. The minimum absolute atomic E-state index is 0.0361. The Hall–Kier alpha value is -1.95. The van der Waals surface area contributed by atoms with E-state index in [4.69, 9.17) is 21.4 Å². The number of halogens is 1. The molecule has 2 N–H and O–H groups in total. The fourth-order valence-corrected chi connectivity index (χ4v) is 2.13. The molecule has 0 spiro atoms. The van der Waals surface area contributed by atoms with Crippen LogP contribution in [0.4, 0.5) is 10.5 Å². The van der Waals surface area contributed by atoms with E-state index in [1.165, 1.54) is 19.2 Å². The first kappa shape index (κ1) is 17.1. The number of methoxy groups -OCH3 is 1. The summed E-state index contributed by atoms with van der Waals surface area (Å²) in [6.45, 7) is 6.22. The van der Waals surface area contributed by atoms with Crippen LogP contribution in [0.3, 0.4) is 0 Å². The van der Waals surface area contributed by atoms with Crippen LogP contribution in [0.25, 0.3) is 0 Å². The van der Waals surface area contributed by atoms with Crippen molar-refractivity contribution in [2.75, 3.05) is 19.0 Å². The van der Waals surface area contributed by atoms with E-state index in [2.05, 4.69) is 5.32 Å². The van der Waals surface area contributed by atoms with E-state index in [0.717, 1.165) is 0 Å². The van der Waals surface area contributed by atoms with E-state index in [9.17, 15) is 9.59 Å². The highest BCUT2D eigenvalue weighted by Crippen LogP contribution is 2.31. The molecule has 0 aromatic heterocycles. The molecule has 0 aliphatic heterocycles. The third-order valence-electron chi connectivity index (χ3n) is 2.99. The molecule has 7 heteroatoms.